The SMILES string of the molecule is COC1C=CC2(C)C(=O)C3=C(O)C(=O)N(c4ccc(-c5ccon5)cc4)C3C(C)C2=C1C. The number of benzene rings is 1. The zero-order valence-corrected chi connectivity index (χ0v) is 18.3. The number of fused-ring (bicyclic) bond motifs is 2. The van der Waals surface area contributed by atoms with Crippen LogP contribution in [-0.2, 0) is 14.3 Å². The molecule has 7 heteroatoms. The van der Waals surface area contributed by atoms with Gasteiger partial charge in [0.1, 0.15) is 12.0 Å². The molecule has 1 fully saturated rings. The molecular formula is C25H24N2O5. The van der Waals surface area contributed by atoms with Crippen molar-refractivity contribution in [1.82, 2.24) is 5.16 Å². The minimum absolute atomic E-state index is 0.183. The highest BCUT2D eigenvalue weighted by Gasteiger charge is 2.58. The summed E-state index contributed by atoms with van der Waals surface area (Å²) in [6.45, 7) is 5.82. The van der Waals surface area contributed by atoms with Crippen LogP contribution in [0.5, 0.6) is 0 Å². The number of allylic oxidation sites excluding steroid dienone is 1. The van der Waals surface area contributed by atoms with Crippen LogP contribution in [0.25, 0.3) is 11.3 Å². The number of hydrogen-bond donors (Lipinski definition) is 1. The topological polar surface area (TPSA) is 92.9 Å². The lowest BCUT2D eigenvalue weighted by Gasteiger charge is -2.46. The highest BCUT2D eigenvalue weighted by molar-refractivity contribution is 6.19. The Morgan fingerprint density at radius 2 is 1.91 bits per heavy atom. The predicted molar refractivity (Wildman–Crippen MR) is 118 cm³/mol. The van der Waals surface area contributed by atoms with E-state index in [1.807, 2.05) is 45.1 Å². The molecule has 7 nitrogen and oxygen atoms in total. The van der Waals surface area contributed by atoms with Gasteiger partial charge in [-0.3, -0.25) is 14.5 Å². The molecular weight excluding hydrogens is 408 g/mol. The van der Waals surface area contributed by atoms with Crippen molar-refractivity contribution in [2.24, 2.45) is 11.3 Å². The first-order chi connectivity index (χ1) is 15.3. The number of ketones is 1. The van der Waals surface area contributed by atoms with Crippen LogP contribution in [0.15, 0.2) is 75.7 Å². The summed E-state index contributed by atoms with van der Waals surface area (Å²) in [5.41, 5.74) is 3.31. The summed E-state index contributed by atoms with van der Waals surface area (Å²) >= 11 is 0. The van der Waals surface area contributed by atoms with Gasteiger partial charge in [0.25, 0.3) is 5.91 Å². The number of aromatic nitrogens is 1. The van der Waals surface area contributed by atoms with Crippen molar-refractivity contribution < 1.29 is 24.0 Å². The van der Waals surface area contributed by atoms with Crippen LogP contribution < -0.4 is 4.90 Å². The number of rotatable bonds is 3. The fourth-order valence-corrected chi connectivity index (χ4v) is 5.57. The largest absolute Gasteiger partial charge is 0.503 e. The summed E-state index contributed by atoms with van der Waals surface area (Å²) in [5, 5.41) is 14.7. The molecule has 1 aromatic carbocycles. The summed E-state index contributed by atoms with van der Waals surface area (Å²) in [7, 11) is 1.63. The molecule has 1 N–H and O–H groups in total. The Balaban J connectivity index is 1.61. The quantitative estimate of drug-likeness (QED) is 0.737. The van der Waals surface area contributed by atoms with Crippen molar-refractivity contribution in [3.05, 3.63) is 71.2 Å². The predicted octanol–water partition coefficient (Wildman–Crippen LogP) is 4.00. The normalized spacial score (nSPS) is 29.6. The van der Waals surface area contributed by atoms with E-state index in [2.05, 4.69) is 5.16 Å². The van der Waals surface area contributed by atoms with Gasteiger partial charge < -0.3 is 14.4 Å². The summed E-state index contributed by atoms with van der Waals surface area (Å²) < 4.78 is 10.5. The van der Waals surface area contributed by atoms with Gasteiger partial charge in [-0.25, -0.2) is 0 Å². The zero-order chi connectivity index (χ0) is 22.8. The molecule has 1 amide bonds. The molecule has 0 radical (unpaired) electrons. The molecule has 5 rings (SSSR count). The van der Waals surface area contributed by atoms with E-state index in [1.165, 1.54) is 11.2 Å². The van der Waals surface area contributed by atoms with Crippen LogP contribution in [0.2, 0.25) is 0 Å². The number of nitrogens with zero attached hydrogens (tertiary/aromatic N) is 2. The van der Waals surface area contributed by atoms with Gasteiger partial charge in [-0.1, -0.05) is 36.4 Å². The van der Waals surface area contributed by atoms with E-state index < -0.39 is 23.1 Å². The van der Waals surface area contributed by atoms with Gasteiger partial charge in [-0.05, 0) is 37.1 Å². The van der Waals surface area contributed by atoms with Crippen LogP contribution in [0.4, 0.5) is 5.69 Å². The minimum Gasteiger partial charge on any atom is -0.503 e. The second-order valence-electron chi connectivity index (χ2n) is 8.75. The van der Waals surface area contributed by atoms with Gasteiger partial charge >= 0.3 is 0 Å². The maximum absolute atomic E-state index is 13.6. The number of hydrogen-bond acceptors (Lipinski definition) is 6. The summed E-state index contributed by atoms with van der Waals surface area (Å²) in [6, 6.07) is 8.43. The van der Waals surface area contributed by atoms with E-state index in [4.69, 9.17) is 9.26 Å². The molecule has 2 aliphatic carbocycles. The maximum atomic E-state index is 13.6. The third-order valence-corrected chi connectivity index (χ3v) is 7.04. The van der Waals surface area contributed by atoms with Crippen molar-refractivity contribution in [1.29, 1.82) is 0 Å². The summed E-state index contributed by atoms with van der Waals surface area (Å²) in [4.78, 5) is 28.3. The van der Waals surface area contributed by atoms with E-state index in [-0.39, 0.29) is 23.4 Å². The standard InChI is InChI=1S/C25H24N2O5/c1-13-18(31-4)9-11-25(3)20(13)14(2)21-19(23(25)29)22(28)24(30)27(21)16-7-5-15(6-8-16)17-10-12-32-26-17/h5-12,14,18,21,28H,1-4H3. The highest BCUT2D eigenvalue weighted by atomic mass is 16.5. The average Bonchev–Trinajstić information content (AvgIpc) is 3.40. The molecule has 32 heavy (non-hydrogen) atoms. The van der Waals surface area contributed by atoms with Gasteiger partial charge in [0.2, 0.25) is 0 Å². The van der Waals surface area contributed by atoms with Crippen LogP contribution in [0, 0.1) is 11.3 Å². The van der Waals surface area contributed by atoms with Crippen LogP contribution >= 0.6 is 0 Å². The first kappa shape index (κ1) is 20.5. The Morgan fingerprint density at radius 1 is 1.19 bits per heavy atom. The molecule has 2 aromatic rings. The Kier molecular flexibility index (Phi) is 4.49. The van der Waals surface area contributed by atoms with Gasteiger partial charge in [-0.15, -0.1) is 0 Å². The molecule has 1 saturated carbocycles. The zero-order valence-electron chi connectivity index (χ0n) is 18.3. The van der Waals surface area contributed by atoms with E-state index in [0.29, 0.717) is 11.4 Å². The fraction of sp³-hybridized carbons (Fsp3) is 0.320. The second-order valence-corrected chi connectivity index (χ2v) is 8.75. The smallest absolute Gasteiger partial charge is 0.294 e. The lowest BCUT2D eigenvalue weighted by Crippen LogP contribution is -2.52. The number of ether oxygens (including phenoxy) is 1. The minimum atomic E-state index is -0.911. The van der Waals surface area contributed by atoms with Crippen molar-refractivity contribution in [3.8, 4) is 11.3 Å². The Bertz CT molecular complexity index is 1210. The van der Waals surface area contributed by atoms with E-state index in [0.717, 1.165) is 16.7 Å². The molecule has 1 aromatic heterocycles. The Labute approximate surface area is 185 Å². The van der Waals surface area contributed by atoms with Gasteiger partial charge in [0, 0.05) is 30.3 Å². The van der Waals surface area contributed by atoms with Crippen LogP contribution in [0.3, 0.4) is 0 Å². The Hall–Kier alpha value is -3.45. The molecule has 0 saturated heterocycles. The second kappa shape index (κ2) is 7.03. The number of methoxy groups -OCH3 is 1. The number of Topliss-reactive ketones (excluding diaryl/α,β-unsaturated/α-hetero) is 1. The lowest BCUT2D eigenvalue weighted by atomic mass is 9.59. The lowest BCUT2D eigenvalue weighted by molar-refractivity contribution is -0.122. The molecule has 3 aliphatic rings. The first-order valence-corrected chi connectivity index (χ1v) is 10.5. The first-order valence-electron chi connectivity index (χ1n) is 10.5. The van der Waals surface area contributed by atoms with Crippen molar-refractivity contribution >= 4 is 17.4 Å². The molecule has 164 valence electrons. The molecule has 0 bridgehead atoms. The van der Waals surface area contributed by atoms with Crippen molar-refractivity contribution in [2.75, 3.05) is 12.0 Å². The number of aliphatic hydroxyl groups is 1. The monoisotopic (exact) mass is 432 g/mol. The molecule has 1 aliphatic heterocycles. The number of carbonyl (C=O) groups is 2. The number of carbonyl (C=O) groups excluding carboxylic acids is 2. The van der Waals surface area contributed by atoms with Gasteiger partial charge in [-0.2, -0.15) is 0 Å². The third kappa shape index (κ3) is 2.61. The van der Waals surface area contributed by atoms with E-state index >= 15 is 0 Å². The number of anilines is 1. The van der Waals surface area contributed by atoms with Crippen molar-refractivity contribution in [3.63, 3.8) is 0 Å². The number of amides is 1. The van der Waals surface area contributed by atoms with Gasteiger partial charge in [0.15, 0.2) is 11.5 Å². The molecule has 2 heterocycles. The van der Waals surface area contributed by atoms with Crippen molar-refractivity contribution in [2.45, 2.75) is 32.9 Å². The summed E-state index contributed by atoms with van der Waals surface area (Å²) in [6.07, 6.45) is 4.99. The van der Waals surface area contributed by atoms with Crippen LogP contribution in [-0.4, -0.2) is 41.2 Å². The highest BCUT2D eigenvalue weighted by Crippen LogP contribution is 2.53. The third-order valence-electron chi connectivity index (χ3n) is 7.04. The maximum Gasteiger partial charge on any atom is 0.294 e. The van der Waals surface area contributed by atoms with E-state index in [1.54, 1.807) is 25.3 Å². The van der Waals surface area contributed by atoms with Crippen LogP contribution in [0.1, 0.15) is 20.8 Å². The molecule has 4 unspecified atom stereocenters. The van der Waals surface area contributed by atoms with Gasteiger partial charge in [0.05, 0.1) is 23.1 Å². The number of aliphatic hydroxyl groups excluding tert-OH is 1. The molecule has 0 spiro atoms. The average molecular weight is 432 g/mol. The Morgan fingerprint density at radius 3 is 2.53 bits per heavy atom. The summed E-state index contributed by atoms with van der Waals surface area (Å²) in [5.74, 6) is -1.47. The van der Waals surface area contributed by atoms with E-state index in [9.17, 15) is 14.7 Å². The molecule has 4 atom stereocenters. The fourth-order valence-electron chi connectivity index (χ4n) is 5.57.